The summed E-state index contributed by atoms with van der Waals surface area (Å²) in [6.07, 6.45) is 9.10. The lowest BCUT2D eigenvalue weighted by atomic mass is 9.81. The summed E-state index contributed by atoms with van der Waals surface area (Å²) in [7, 11) is -1.49. The van der Waals surface area contributed by atoms with Crippen LogP contribution in [-0.2, 0) is 4.43 Å². The predicted octanol–water partition coefficient (Wildman–Crippen LogP) is 5.78. The van der Waals surface area contributed by atoms with Gasteiger partial charge in [-0.15, -0.1) is 0 Å². The molecule has 1 N–H and O–H groups in total. The van der Waals surface area contributed by atoms with Crippen molar-refractivity contribution >= 4 is 8.32 Å². The zero-order valence-electron chi connectivity index (χ0n) is 16.3. The third-order valence-electron chi connectivity index (χ3n) is 5.81. The van der Waals surface area contributed by atoms with Crippen molar-refractivity contribution in [3.8, 4) is 0 Å². The fourth-order valence-electron chi connectivity index (χ4n) is 3.95. The molecule has 0 aliphatic heterocycles. The lowest BCUT2D eigenvalue weighted by Crippen LogP contribution is -2.40. The third kappa shape index (κ3) is 6.72. The first-order chi connectivity index (χ1) is 10.9. The van der Waals surface area contributed by atoms with Crippen molar-refractivity contribution in [2.45, 2.75) is 97.6 Å². The summed E-state index contributed by atoms with van der Waals surface area (Å²) < 4.78 is 6.59. The van der Waals surface area contributed by atoms with Gasteiger partial charge in [0.15, 0.2) is 8.32 Å². The average Bonchev–Trinajstić information content (AvgIpc) is 2.52. The van der Waals surface area contributed by atoms with Gasteiger partial charge in [0, 0.05) is 0 Å². The molecule has 0 amide bonds. The number of hydrogen-bond donors (Lipinski definition) is 1. The molecular weight excluding hydrogens is 300 g/mol. The molecule has 0 saturated heterocycles. The van der Waals surface area contributed by atoms with Gasteiger partial charge in [-0.25, -0.2) is 0 Å². The second-order valence-electron chi connectivity index (χ2n) is 8.02. The molecule has 0 saturated carbocycles. The minimum Gasteiger partial charge on any atom is -0.411 e. The molecule has 0 aromatic rings. The first-order valence-electron chi connectivity index (χ1n) is 9.89. The Morgan fingerprint density at radius 1 is 1.00 bits per heavy atom. The van der Waals surface area contributed by atoms with E-state index in [9.17, 15) is 5.11 Å². The first-order valence-corrected chi connectivity index (χ1v) is 12.4. The summed E-state index contributed by atoms with van der Waals surface area (Å²) in [5.41, 5.74) is 0. The zero-order valence-corrected chi connectivity index (χ0v) is 17.3. The Morgan fingerprint density at radius 3 is 2.04 bits per heavy atom. The molecule has 0 heterocycles. The van der Waals surface area contributed by atoms with E-state index < -0.39 is 8.32 Å². The van der Waals surface area contributed by atoms with Crippen LogP contribution < -0.4 is 0 Å². The van der Waals surface area contributed by atoms with Gasteiger partial charge in [-0.05, 0) is 61.6 Å². The van der Waals surface area contributed by atoms with E-state index >= 15 is 0 Å². The molecule has 2 nitrogen and oxygen atoms in total. The van der Waals surface area contributed by atoms with Crippen LogP contribution in [-0.4, -0.2) is 25.6 Å². The Morgan fingerprint density at radius 2 is 1.61 bits per heavy atom. The van der Waals surface area contributed by atoms with Gasteiger partial charge in [0.1, 0.15) is 0 Å². The Kier molecular flexibility index (Phi) is 9.10. The van der Waals surface area contributed by atoms with Gasteiger partial charge in [-0.1, -0.05) is 53.7 Å². The van der Waals surface area contributed by atoms with Crippen LogP contribution in [0.25, 0.3) is 0 Å². The average molecular weight is 341 g/mol. The number of aliphatic hydroxyl groups is 1. The number of rotatable bonds is 10. The van der Waals surface area contributed by atoms with Gasteiger partial charge >= 0.3 is 0 Å². The molecule has 1 aliphatic carbocycles. The van der Waals surface area contributed by atoms with E-state index in [1.807, 2.05) is 0 Å². The van der Waals surface area contributed by atoms with Gasteiger partial charge in [0.2, 0.25) is 0 Å². The van der Waals surface area contributed by atoms with Crippen LogP contribution in [0.3, 0.4) is 0 Å². The lowest BCUT2D eigenvalue weighted by Gasteiger charge is -2.35. The highest BCUT2D eigenvalue weighted by atomic mass is 28.4. The highest BCUT2D eigenvalue weighted by molar-refractivity contribution is 6.73. The van der Waals surface area contributed by atoms with Gasteiger partial charge in [0.05, 0.1) is 12.2 Å². The van der Waals surface area contributed by atoms with E-state index in [1.54, 1.807) is 0 Å². The molecule has 0 fully saturated rings. The molecule has 0 spiro atoms. The molecular formula is C20H40O2Si. The van der Waals surface area contributed by atoms with Crippen molar-refractivity contribution < 1.29 is 9.53 Å². The standard InChI is InChI=1S/C20H40O2Si/c1-7-23(8-2,9-3)22-20-12-10-18(11-13-20)17(6)15-19(21)14-16(4)5/h10,12,16-21H,7-9,11,13-15H2,1-6H3/t17-,18-,19?,20-/m1/s1. The fraction of sp³-hybridized carbons (Fsp3) is 0.900. The van der Waals surface area contributed by atoms with Crippen LogP contribution in [0.4, 0.5) is 0 Å². The van der Waals surface area contributed by atoms with E-state index in [2.05, 4.69) is 53.7 Å². The van der Waals surface area contributed by atoms with Crippen molar-refractivity contribution in [1.82, 2.24) is 0 Å². The molecule has 23 heavy (non-hydrogen) atoms. The summed E-state index contributed by atoms with van der Waals surface area (Å²) in [5.74, 6) is 1.75. The summed E-state index contributed by atoms with van der Waals surface area (Å²) in [6, 6.07) is 3.68. The van der Waals surface area contributed by atoms with Crippen LogP contribution in [0.2, 0.25) is 18.1 Å². The second-order valence-corrected chi connectivity index (χ2v) is 12.7. The summed E-state index contributed by atoms with van der Waals surface area (Å²) >= 11 is 0. The van der Waals surface area contributed by atoms with Crippen LogP contribution in [0.15, 0.2) is 12.2 Å². The number of aliphatic hydroxyl groups excluding tert-OH is 1. The number of allylic oxidation sites excluding steroid dienone is 1. The third-order valence-corrected chi connectivity index (χ3v) is 10.5. The minimum atomic E-state index is -1.49. The number of hydrogen-bond acceptors (Lipinski definition) is 2. The van der Waals surface area contributed by atoms with E-state index in [0.717, 1.165) is 19.3 Å². The van der Waals surface area contributed by atoms with Crippen LogP contribution in [0, 0.1) is 17.8 Å². The maximum absolute atomic E-state index is 10.2. The van der Waals surface area contributed by atoms with Gasteiger partial charge in [-0.3, -0.25) is 0 Å². The molecule has 1 unspecified atom stereocenters. The molecule has 0 aromatic carbocycles. The van der Waals surface area contributed by atoms with E-state index in [1.165, 1.54) is 24.6 Å². The molecule has 1 rings (SSSR count). The van der Waals surface area contributed by atoms with Crippen molar-refractivity contribution in [2.24, 2.45) is 17.8 Å². The largest absolute Gasteiger partial charge is 0.411 e. The minimum absolute atomic E-state index is 0.146. The van der Waals surface area contributed by atoms with Crippen LogP contribution in [0.5, 0.6) is 0 Å². The molecule has 0 radical (unpaired) electrons. The fourth-order valence-corrected chi connectivity index (χ4v) is 6.79. The van der Waals surface area contributed by atoms with Crippen LogP contribution in [0.1, 0.15) is 67.2 Å². The van der Waals surface area contributed by atoms with Gasteiger partial charge in [0.25, 0.3) is 0 Å². The Balaban J connectivity index is 2.51. The Labute approximate surface area is 145 Å². The molecule has 3 heteroatoms. The summed E-state index contributed by atoms with van der Waals surface area (Å²) in [5, 5.41) is 10.2. The van der Waals surface area contributed by atoms with E-state index in [4.69, 9.17) is 4.43 Å². The van der Waals surface area contributed by atoms with Crippen molar-refractivity contribution in [3.05, 3.63) is 12.2 Å². The van der Waals surface area contributed by atoms with E-state index in [-0.39, 0.29) is 6.10 Å². The predicted molar refractivity (Wildman–Crippen MR) is 103 cm³/mol. The molecule has 0 aromatic heterocycles. The van der Waals surface area contributed by atoms with Crippen molar-refractivity contribution in [2.75, 3.05) is 0 Å². The summed E-state index contributed by atoms with van der Waals surface area (Å²) in [4.78, 5) is 0. The SMILES string of the molecule is CC[Si](CC)(CC)O[C@@H]1C=C[C@@H]([C@H](C)CC(O)CC(C)C)CC1. The molecule has 4 atom stereocenters. The van der Waals surface area contributed by atoms with Gasteiger partial charge in [-0.2, -0.15) is 0 Å². The smallest absolute Gasteiger partial charge is 0.192 e. The molecule has 0 bridgehead atoms. The van der Waals surface area contributed by atoms with Crippen LogP contribution >= 0.6 is 0 Å². The highest BCUT2D eigenvalue weighted by Gasteiger charge is 2.32. The first kappa shape index (κ1) is 20.9. The second kappa shape index (κ2) is 10.0. The van der Waals surface area contributed by atoms with Crippen molar-refractivity contribution in [3.63, 3.8) is 0 Å². The van der Waals surface area contributed by atoms with Crippen molar-refractivity contribution in [1.29, 1.82) is 0 Å². The van der Waals surface area contributed by atoms with Gasteiger partial charge < -0.3 is 9.53 Å². The maximum atomic E-state index is 10.2. The lowest BCUT2D eigenvalue weighted by molar-refractivity contribution is 0.108. The molecule has 1 aliphatic rings. The Hall–Kier alpha value is -0.123. The topological polar surface area (TPSA) is 29.5 Å². The Bertz CT molecular complexity index is 341. The maximum Gasteiger partial charge on any atom is 0.192 e. The van der Waals surface area contributed by atoms with E-state index in [0.29, 0.717) is 23.9 Å². The monoisotopic (exact) mass is 340 g/mol. The molecule has 136 valence electrons. The quantitative estimate of drug-likeness (QED) is 0.404. The normalized spacial score (nSPS) is 24.9. The highest BCUT2D eigenvalue weighted by Crippen LogP contribution is 2.32. The zero-order chi connectivity index (χ0) is 17.5. The summed E-state index contributed by atoms with van der Waals surface area (Å²) in [6.45, 7) is 13.6.